The third-order valence-electron chi connectivity index (χ3n) is 4.93. The van der Waals surface area contributed by atoms with Crippen LogP contribution < -0.4 is 5.32 Å². The van der Waals surface area contributed by atoms with E-state index in [1.807, 2.05) is 54.6 Å². The number of ether oxygens (including phenoxy) is 1. The van der Waals surface area contributed by atoms with Crippen molar-refractivity contribution in [2.45, 2.75) is 45.4 Å². The molecule has 1 fully saturated rings. The predicted molar refractivity (Wildman–Crippen MR) is 99.7 cm³/mol. The lowest BCUT2D eigenvalue weighted by Crippen LogP contribution is -2.37. The number of amides is 1. The number of benzene rings is 2. The Morgan fingerprint density at radius 2 is 1.65 bits per heavy atom. The number of nitriles is 1. The summed E-state index contributed by atoms with van der Waals surface area (Å²) in [6.45, 7) is 1.54. The first-order chi connectivity index (χ1) is 12.7. The highest BCUT2D eigenvalue weighted by Gasteiger charge is 2.41. The number of carbonyl (C=O) groups excluding carboxylic acids is 1. The largest absolute Gasteiger partial charge is 0.372 e. The van der Waals surface area contributed by atoms with E-state index in [1.165, 1.54) is 0 Å². The van der Waals surface area contributed by atoms with Gasteiger partial charge in [-0.15, -0.1) is 0 Å². The van der Waals surface area contributed by atoms with E-state index in [4.69, 9.17) is 4.74 Å². The van der Waals surface area contributed by atoms with E-state index in [1.54, 1.807) is 0 Å². The van der Waals surface area contributed by atoms with Gasteiger partial charge in [-0.1, -0.05) is 67.4 Å². The Hall–Kier alpha value is -2.64. The highest BCUT2D eigenvalue weighted by atomic mass is 16.5. The Bertz CT molecular complexity index is 774. The summed E-state index contributed by atoms with van der Waals surface area (Å²) in [6.07, 6.45) is 3.25. The molecule has 0 atom stereocenters. The third kappa shape index (κ3) is 4.50. The fourth-order valence-corrected chi connectivity index (χ4v) is 3.41. The fraction of sp³-hybridized carbons (Fsp3) is 0.364. The summed E-state index contributed by atoms with van der Waals surface area (Å²) >= 11 is 0. The van der Waals surface area contributed by atoms with Crippen molar-refractivity contribution >= 4 is 5.91 Å². The molecular weight excluding hydrogens is 324 g/mol. The molecule has 2 aromatic rings. The molecule has 0 aliphatic heterocycles. The summed E-state index contributed by atoms with van der Waals surface area (Å²) in [5.74, 6) is -0.136. The molecule has 1 saturated carbocycles. The van der Waals surface area contributed by atoms with Crippen molar-refractivity contribution in [1.29, 1.82) is 5.26 Å². The molecule has 0 unspecified atom stereocenters. The first-order valence-electron chi connectivity index (χ1n) is 9.11. The van der Waals surface area contributed by atoms with E-state index in [0.29, 0.717) is 32.6 Å². The molecule has 2 aromatic carbocycles. The second-order valence-corrected chi connectivity index (χ2v) is 6.88. The number of hydrogen-bond donors (Lipinski definition) is 1. The van der Waals surface area contributed by atoms with Crippen LogP contribution in [0.2, 0.25) is 0 Å². The molecule has 1 aliphatic rings. The summed E-state index contributed by atoms with van der Waals surface area (Å²) in [4.78, 5) is 12.4. The zero-order valence-corrected chi connectivity index (χ0v) is 14.9. The van der Waals surface area contributed by atoms with Crippen LogP contribution in [0.5, 0.6) is 0 Å². The van der Waals surface area contributed by atoms with Crippen LogP contribution in [0, 0.1) is 16.7 Å². The smallest absolute Gasteiger partial charge is 0.240 e. The van der Waals surface area contributed by atoms with Gasteiger partial charge in [-0.05, 0) is 29.5 Å². The van der Waals surface area contributed by atoms with Crippen molar-refractivity contribution in [2.75, 3.05) is 0 Å². The summed E-state index contributed by atoms with van der Waals surface area (Å²) in [7, 11) is 0. The van der Waals surface area contributed by atoms with Crippen molar-refractivity contribution < 1.29 is 9.53 Å². The number of nitrogens with one attached hydrogen (secondary N) is 1. The van der Waals surface area contributed by atoms with Crippen LogP contribution in [0.1, 0.15) is 42.4 Å². The highest BCUT2D eigenvalue weighted by Crippen LogP contribution is 2.37. The summed E-state index contributed by atoms with van der Waals surface area (Å²) in [5, 5.41) is 12.3. The van der Waals surface area contributed by atoms with Gasteiger partial charge < -0.3 is 10.1 Å². The first kappa shape index (κ1) is 18.2. The van der Waals surface area contributed by atoms with E-state index >= 15 is 0 Å². The molecule has 0 radical (unpaired) electrons. The Kier molecular flexibility index (Phi) is 6.04. The lowest BCUT2D eigenvalue weighted by Gasteiger charge is -2.19. The molecule has 1 amide bonds. The van der Waals surface area contributed by atoms with E-state index < -0.39 is 5.41 Å². The van der Waals surface area contributed by atoms with E-state index in [-0.39, 0.29) is 5.91 Å². The van der Waals surface area contributed by atoms with Gasteiger partial charge in [0, 0.05) is 6.54 Å². The van der Waals surface area contributed by atoms with Crippen molar-refractivity contribution in [3.05, 3.63) is 71.3 Å². The molecule has 134 valence electrons. The van der Waals surface area contributed by atoms with Crippen LogP contribution in [-0.4, -0.2) is 5.91 Å². The average Bonchev–Trinajstić information content (AvgIpc) is 3.18. The molecule has 1 aliphatic carbocycles. The van der Waals surface area contributed by atoms with Gasteiger partial charge >= 0.3 is 0 Å². The van der Waals surface area contributed by atoms with Crippen molar-refractivity contribution in [3.8, 4) is 6.07 Å². The van der Waals surface area contributed by atoms with Gasteiger partial charge in [-0.25, -0.2) is 0 Å². The van der Waals surface area contributed by atoms with Crippen molar-refractivity contribution in [3.63, 3.8) is 0 Å². The minimum atomic E-state index is -0.823. The quantitative estimate of drug-likeness (QED) is 0.819. The van der Waals surface area contributed by atoms with Crippen molar-refractivity contribution in [2.24, 2.45) is 5.41 Å². The molecular formula is C22H24N2O2. The van der Waals surface area contributed by atoms with Crippen LogP contribution in [0.3, 0.4) is 0 Å². The molecule has 0 saturated heterocycles. The second-order valence-electron chi connectivity index (χ2n) is 6.88. The maximum absolute atomic E-state index is 12.4. The van der Waals surface area contributed by atoms with Crippen LogP contribution in [0.4, 0.5) is 0 Å². The molecule has 0 spiro atoms. The van der Waals surface area contributed by atoms with E-state index in [9.17, 15) is 10.1 Å². The van der Waals surface area contributed by atoms with Crippen LogP contribution in [0.25, 0.3) is 0 Å². The van der Waals surface area contributed by atoms with Gasteiger partial charge in [0.05, 0.1) is 19.3 Å². The Morgan fingerprint density at radius 1 is 1.00 bits per heavy atom. The zero-order chi connectivity index (χ0) is 18.2. The molecule has 0 heterocycles. The molecule has 4 heteroatoms. The summed E-state index contributed by atoms with van der Waals surface area (Å²) in [5.41, 5.74) is 2.42. The van der Waals surface area contributed by atoms with E-state index in [2.05, 4.69) is 11.4 Å². The molecule has 0 aromatic heterocycles. The first-order valence-corrected chi connectivity index (χ1v) is 9.11. The molecule has 0 bridgehead atoms. The summed E-state index contributed by atoms with van der Waals surface area (Å²) < 4.78 is 5.77. The van der Waals surface area contributed by atoms with Crippen LogP contribution in [-0.2, 0) is 29.3 Å². The molecule has 1 N–H and O–H groups in total. The minimum Gasteiger partial charge on any atom is -0.372 e. The Balaban J connectivity index is 1.51. The topological polar surface area (TPSA) is 62.1 Å². The van der Waals surface area contributed by atoms with Gasteiger partial charge in [0.2, 0.25) is 5.91 Å². The molecule has 4 nitrogen and oxygen atoms in total. The van der Waals surface area contributed by atoms with Gasteiger partial charge in [0.25, 0.3) is 0 Å². The monoisotopic (exact) mass is 348 g/mol. The number of rotatable bonds is 7. The molecule has 3 rings (SSSR count). The maximum Gasteiger partial charge on any atom is 0.240 e. The van der Waals surface area contributed by atoms with Gasteiger partial charge in [-0.2, -0.15) is 5.26 Å². The standard InChI is InChI=1S/C22H24N2O2/c23-17-22(11-4-5-12-22)21(25)24-14-19-9-6-10-20(13-19)16-26-15-18-7-2-1-3-8-18/h1-3,6-10,13H,4-5,11-12,14-16H2,(H,24,25). The fourth-order valence-electron chi connectivity index (χ4n) is 3.41. The average molecular weight is 348 g/mol. The Labute approximate surface area is 154 Å². The highest BCUT2D eigenvalue weighted by molar-refractivity contribution is 5.85. The third-order valence-corrected chi connectivity index (χ3v) is 4.93. The van der Waals surface area contributed by atoms with Crippen molar-refractivity contribution in [1.82, 2.24) is 5.32 Å². The van der Waals surface area contributed by atoms with Crippen LogP contribution in [0.15, 0.2) is 54.6 Å². The van der Waals surface area contributed by atoms with Crippen LogP contribution >= 0.6 is 0 Å². The number of carbonyl (C=O) groups is 1. The SMILES string of the molecule is N#CC1(C(=O)NCc2cccc(COCc3ccccc3)c2)CCCC1. The van der Waals surface area contributed by atoms with Gasteiger partial charge in [0.15, 0.2) is 0 Å². The number of nitrogens with zero attached hydrogens (tertiary/aromatic N) is 1. The van der Waals surface area contributed by atoms with E-state index in [0.717, 1.165) is 29.5 Å². The van der Waals surface area contributed by atoms with Gasteiger partial charge in [-0.3, -0.25) is 4.79 Å². The maximum atomic E-state index is 12.4. The lowest BCUT2D eigenvalue weighted by atomic mass is 9.87. The Morgan fingerprint density at radius 3 is 2.38 bits per heavy atom. The number of hydrogen-bond acceptors (Lipinski definition) is 3. The lowest BCUT2D eigenvalue weighted by molar-refractivity contribution is -0.128. The normalized spacial score (nSPS) is 15.3. The molecule has 26 heavy (non-hydrogen) atoms. The summed E-state index contributed by atoms with van der Waals surface area (Å²) in [6, 6.07) is 20.3. The second kappa shape index (κ2) is 8.64. The predicted octanol–water partition coefficient (Wildman–Crippen LogP) is 4.10. The minimum absolute atomic E-state index is 0.136. The van der Waals surface area contributed by atoms with Gasteiger partial charge in [0.1, 0.15) is 5.41 Å². The zero-order valence-electron chi connectivity index (χ0n) is 14.9.